The van der Waals surface area contributed by atoms with Crippen molar-refractivity contribution in [1.82, 2.24) is 0 Å². The van der Waals surface area contributed by atoms with Crippen molar-refractivity contribution >= 4 is 10.8 Å². The quantitative estimate of drug-likeness (QED) is 0.265. The molecule has 2 aliphatic carbocycles. The molecule has 0 saturated carbocycles. The Kier molecular flexibility index (Phi) is 2.44. The van der Waals surface area contributed by atoms with E-state index in [2.05, 4.69) is 72.8 Å². The van der Waals surface area contributed by atoms with Crippen molar-refractivity contribution in [3.8, 4) is 22.3 Å². The third kappa shape index (κ3) is 1.67. The molecule has 0 heterocycles. The first-order chi connectivity index (χ1) is 15.2. The van der Waals surface area contributed by atoms with Gasteiger partial charge in [-0.05, 0) is 55.3 Å². The van der Waals surface area contributed by atoms with Crippen LogP contribution >= 0.6 is 0 Å². The van der Waals surface area contributed by atoms with Crippen LogP contribution in [0.5, 0.6) is 0 Å². The summed E-state index contributed by atoms with van der Waals surface area (Å²) >= 11 is 0. The smallest absolute Gasteiger partial charge is 0.0619 e. The minimum atomic E-state index is -0.470. The highest BCUT2D eigenvalue weighted by Gasteiger charge is 2.52. The second-order valence-electron chi connectivity index (χ2n) is 7.92. The molecule has 0 aromatic heterocycles. The van der Waals surface area contributed by atoms with Gasteiger partial charge < -0.3 is 0 Å². The standard InChI is InChI=1S/C29H18/c1-2-10-20-19(9-1)17-18-24-23-13-5-8-16-27(23)29(28(20)24)25-14-6-3-11-21(25)22-12-4-7-15-26(22)29/h1-18H/i11T,17T. The van der Waals surface area contributed by atoms with Crippen molar-refractivity contribution in [2.45, 2.75) is 5.41 Å². The highest BCUT2D eigenvalue weighted by Crippen LogP contribution is 2.63. The normalized spacial score (nSPS) is 18.8. The Morgan fingerprint density at radius 2 is 1.07 bits per heavy atom. The molecule has 134 valence electrons. The van der Waals surface area contributed by atoms with E-state index in [4.69, 9.17) is 2.74 Å². The van der Waals surface area contributed by atoms with E-state index < -0.39 is 5.41 Å². The number of hydrogen-bond acceptors (Lipinski definition) is 0. The van der Waals surface area contributed by atoms with Gasteiger partial charge in [0, 0.05) is 0 Å². The summed E-state index contributed by atoms with van der Waals surface area (Å²) in [6.07, 6.45) is 0. The molecule has 1 unspecified atom stereocenters. The molecule has 1 spiro atoms. The zero-order valence-electron chi connectivity index (χ0n) is 17.7. The molecule has 0 saturated heterocycles. The summed E-state index contributed by atoms with van der Waals surface area (Å²) < 4.78 is 17.5. The molecule has 5 aromatic rings. The molecule has 0 bridgehead atoms. The van der Waals surface area contributed by atoms with E-state index in [0.29, 0.717) is 12.1 Å². The third-order valence-corrected chi connectivity index (χ3v) is 6.69. The van der Waals surface area contributed by atoms with Gasteiger partial charge in [0.2, 0.25) is 0 Å². The Morgan fingerprint density at radius 1 is 0.483 bits per heavy atom. The predicted octanol–water partition coefficient (Wildman–Crippen LogP) is 7.18. The second-order valence-corrected chi connectivity index (χ2v) is 7.92. The van der Waals surface area contributed by atoms with Crippen LogP contribution in [0, 0.1) is 0 Å². The summed E-state index contributed by atoms with van der Waals surface area (Å²) in [7, 11) is 0. The zero-order chi connectivity index (χ0) is 20.7. The lowest BCUT2D eigenvalue weighted by Gasteiger charge is -2.31. The molecule has 0 amide bonds. The molecule has 29 heavy (non-hydrogen) atoms. The molecule has 0 N–H and O–H groups in total. The van der Waals surface area contributed by atoms with E-state index in [1.807, 2.05) is 24.3 Å². The van der Waals surface area contributed by atoms with Gasteiger partial charge in [-0.1, -0.05) is 109 Å². The topological polar surface area (TPSA) is 0 Å². The van der Waals surface area contributed by atoms with Gasteiger partial charge in [-0.25, -0.2) is 0 Å². The van der Waals surface area contributed by atoms with Crippen LogP contribution in [-0.2, 0) is 5.41 Å². The largest absolute Gasteiger partial charge is 0.0731 e. The van der Waals surface area contributed by atoms with E-state index in [1.54, 1.807) is 0 Å². The lowest BCUT2D eigenvalue weighted by Crippen LogP contribution is -2.26. The van der Waals surface area contributed by atoms with Gasteiger partial charge in [0.05, 0.1) is 8.16 Å². The van der Waals surface area contributed by atoms with Crippen molar-refractivity contribution in [3.05, 3.63) is 131 Å². The number of rotatable bonds is 0. The first kappa shape index (κ1) is 13.5. The summed E-state index contributed by atoms with van der Waals surface area (Å²) in [5.74, 6) is 0. The molecule has 7 rings (SSSR count). The van der Waals surface area contributed by atoms with Crippen molar-refractivity contribution in [2.75, 3.05) is 0 Å². The Balaban J connectivity index is 1.80. The van der Waals surface area contributed by atoms with Gasteiger partial charge in [-0.2, -0.15) is 0 Å². The maximum Gasteiger partial charge on any atom is 0.0731 e. The van der Waals surface area contributed by atoms with Crippen molar-refractivity contribution < 1.29 is 2.74 Å². The fourth-order valence-electron chi connectivity index (χ4n) is 5.70. The molecule has 2 aliphatic rings. The Hall–Kier alpha value is -3.64. The van der Waals surface area contributed by atoms with Gasteiger partial charge in [0.25, 0.3) is 0 Å². The fraction of sp³-hybridized carbons (Fsp3) is 0.0345. The van der Waals surface area contributed by atoms with Gasteiger partial charge in [-0.15, -0.1) is 0 Å². The molecule has 0 aliphatic heterocycles. The monoisotopic (exact) mass is 370 g/mol. The molecule has 0 radical (unpaired) electrons. The highest BCUT2D eigenvalue weighted by molar-refractivity contribution is 6.03. The fourth-order valence-corrected chi connectivity index (χ4v) is 5.70. The van der Waals surface area contributed by atoms with Gasteiger partial charge >= 0.3 is 0 Å². The number of benzene rings is 5. The number of fused-ring (bicyclic) bond motifs is 12. The summed E-state index contributed by atoms with van der Waals surface area (Å²) in [5, 5.41) is 2.10. The maximum atomic E-state index is 8.76. The lowest BCUT2D eigenvalue weighted by atomic mass is 9.69. The average Bonchev–Trinajstić information content (AvgIpc) is 3.27. The predicted molar refractivity (Wildman–Crippen MR) is 120 cm³/mol. The minimum Gasteiger partial charge on any atom is -0.0619 e. The average molecular weight is 370 g/mol. The van der Waals surface area contributed by atoms with Crippen LogP contribution in [-0.4, -0.2) is 0 Å². The van der Waals surface area contributed by atoms with E-state index in [9.17, 15) is 0 Å². The molecular weight excluding hydrogens is 348 g/mol. The van der Waals surface area contributed by atoms with Gasteiger partial charge in [-0.3, -0.25) is 0 Å². The first-order valence-corrected chi connectivity index (χ1v) is 10.1. The van der Waals surface area contributed by atoms with Crippen molar-refractivity contribution in [1.29, 1.82) is 0 Å². The minimum absolute atomic E-state index is 0.470. The zero-order valence-corrected chi connectivity index (χ0v) is 15.7. The molecule has 0 heteroatoms. The highest BCUT2D eigenvalue weighted by atomic mass is 14.5. The first-order valence-electron chi connectivity index (χ1n) is 11.1. The van der Waals surface area contributed by atoms with Gasteiger partial charge in [0.15, 0.2) is 0 Å². The van der Waals surface area contributed by atoms with E-state index >= 15 is 0 Å². The van der Waals surface area contributed by atoms with E-state index in [0.717, 1.165) is 27.5 Å². The second kappa shape index (κ2) is 5.24. The van der Waals surface area contributed by atoms with Crippen LogP contribution in [0.25, 0.3) is 33.0 Å². The molecule has 0 fully saturated rings. The van der Waals surface area contributed by atoms with Crippen molar-refractivity contribution in [3.63, 3.8) is 0 Å². The summed E-state index contributed by atoms with van der Waals surface area (Å²) in [6, 6.07) is 34.7. The van der Waals surface area contributed by atoms with Gasteiger partial charge in [0.1, 0.15) is 0 Å². The molecular formula is C29H18. The van der Waals surface area contributed by atoms with Crippen LogP contribution in [0.2, 0.25) is 0 Å². The Morgan fingerprint density at radius 3 is 1.86 bits per heavy atom. The van der Waals surface area contributed by atoms with Crippen LogP contribution in [0.15, 0.2) is 109 Å². The van der Waals surface area contributed by atoms with Crippen molar-refractivity contribution in [2.24, 2.45) is 0 Å². The summed E-state index contributed by atoms with van der Waals surface area (Å²) in [5.41, 5.74) is 8.93. The molecule has 5 aromatic carbocycles. The molecule has 0 nitrogen and oxygen atoms in total. The summed E-state index contributed by atoms with van der Waals surface area (Å²) in [4.78, 5) is 0. The maximum absolute atomic E-state index is 8.76. The van der Waals surface area contributed by atoms with E-state index in [-0.39, 0.29) is 0 Å². The van der Waals surface area contributed by atoms with E-state index in [1.165, 1.54) is 27.8 Å². The van der Waals surface area contributed by atoms with Crippen LogP contribution < -0.4 is 0 Å². The van der Waals surface area contributed by atoms with Crippen LogP contribution in [0.1, 0.15) is 25.0 Å². The third-order valence-electron chi connectivity index (χ3n) is 6.69. The van der Waals surface area contributed by atoms with Crippen LogP contribution in [0.4, 0.5) is 0 Å². The lowest BCUT2D eigenvalue weighted by molar-refractivity contribution is 0.801. The Labute approximate surface area is 172 Å². The molecule has 1 atom stereocenters. The summed E-state index contributed by atoms with van der Waals surface area (Å²) in [6.45, 7) is 0. The number of hydrogen-bond donors (Lipinski definition) is 0. The Bertz CT molecular complexity index is 1560. The SMILES string of the molecule is [3H]c1cccc2c1-c1ccccc1C21c2ccccc2-c2cc([3H])c3ccccc3c21. The van der Waals surface area contributed by atoms with Crippen LogP contribution in [0.3, 0.4) is 0 Å².